The van der Waals surface area contributed by atoms with E-state index in [-0.39, 0.29) is 34.0 Å². The first kappa shape index (κ1) is 24.3. The number of fused-ring (bicyclic) bond motifs is 2. The zero-order valence-electron chi connectivity index (χ0n) is 17.2. The van der Waals surface area contributed by atoms with Gasteiger partial charge in [-0.15, -0.1) is 0 Å². The first-order valence-electron chi connectivity index (χ1n) is 10.1. The summed E-state index contributed by atoms with van der Waals surface area (Å²) in [6, 6.07) is 18.5. The van der Waals surface area contributed by atoms with Gasteiger partial charge in [-0.3, -0.25) is 0 Å². The van der Waals surface area contributed by atoms with Crippen LogP contribution in [-0.2, 0) is 20.9 Å². The molecule has 2 atom stereocenters. The van der Waals surface area contributed by atoms with Gasteiger partial charge in [0.05, 0.1) is 0 Å². The van der Waals surface area contributed by atoms with Gasteiger partial charge in [0, 0.05) is 0 Å². The second kappa shape index (κ2) is 10.3. The number of hydrogen-bond donors (Lipinski definition) is 0. The molecule has 0 saturated carbocycles. The first-order valence-corrected chi connectivity index (χ1v) is 20.1. The quantitative estimate of drug-likeness (QED) is 0.446. The second-order valence-electron chi connectivity index (χ2n) is 7.92. The fraction of sp³-hybridized carbons (Fsp3) is 0.333. The minimum atomic E-state index is -1.78. The number of hydrogen-bond acceptors (Lipinski definition) is 0. The van der Waals surface area contributed by atoms with E-state index in [1.165, 1.54) is 24.0 Å². The Morgan fingerprint density at radius 2 is 1.11 bits per heavy atom. The van der Waals surface area contributed by atoms with Gasteiger partial charge in [0.2, 0.25) is 0 Å². The van der Waals surface area contributed by atoms with Crippen LogP contribution in [0.1, 0.15) is 56.2 Å². The summed E-state index contributed by atoms with van der Waals surface area (Å²) in [5, 5.41) is 0. The van der Waals surface area contributed by atoms with Crippen molar-refractivity contribution in [3.05, 3.63) is 81.9 Å². The Balaban J connectivity index is 0.00000140. The molecule has 28 heavy (non-hydrogen) atoms. The number of allylic oxidation sites excluding steroid dienone is 2. The largest absolute Gasteiger partial charge is 1.00 e. The molecule has 0 aromatic heterocycles. The van der Waals surface area contributed by atoms with Crippen LogP contribution >= 0.6 is 0 Å². The summed E-state index contributed by atoms with van der Waals surface area (Å²) in [6.07, 6.45) is 7.50. The van der Waals surface area contributed by atoms with Crippen LogP contribution in [0, 0.1) is 0 Å². The zero-order chi connectivity index (χ0) is 18.3. The van der Waals surface area contributed by atoms with Crippen LogP contribution in [0.25, 0.3) is 12.2 Å². The number of benzene rings is 2. The minimum Gasteiger partial charge on any atom is -1.00 e. The Hall–Kier alpha value is -0.0200. The van der Waals surface area contributed by atoms with Gasteiger partial charge in [0.1, 0.15) is 0 Å². The Morgan fingerprint density at radius 1 is 0.714 bits per heavy atom. The number of halogens is 2. The molecule has 0 saturated heterocycles. The first-order chi connectivity index (χ1) is 12.7. The van der Waals surface area contributed by atoms with E-state index >= 15 is 0 Å². The van der Waals surface area contributed by atoms with Crippen molar-refractivity contribution in [3.8, 4) is 0 Å². The van der Waals surface area contributed by atoms with Crippen molar-refractivity contribution in [1.82, 2.24) is 0 Å². The molecule has 2 unspecified atom stereocenters. The summed E-state index contributed by atoms with van der Waals surface area (Å²) < 4.78 is 1.60. The van der Waals surface area contributed by atoms with Gasteiger partial charge in [-0.25, -0.2) is 0 Å². The molecule has 4 rings (SSSR count). The Kier molecular flexibility index (Phi) is 8.95. The van der Waals surface area contributed by atoms with E-state index in [2.05, 4.69) is 87.6 Å². The summed E-state index contributed by atoms with van der Waals surface area (Å²) in [5.74, 6) is -0.699. The van der Waals surface area contributed by atoms with Crippen molar-refractivity contribution in [1.29, 1.82) is 0 Å². The van der Waals surface area contributed by atoms with E-state index in [4.69, 9.17) is 0 Å². The van der Waals surface area contributed by atoms with Crippen molar-refractivity contribution in [2.75, 3.05) is 0 Å². The van der Waals surface area contributed by atoms with E-state index in [1.54, 1.807) is 22.3 Å². The maximum atomic E-state index is 2.65. The number of rotatable bonds is 5. The average Bonchev–Trinajstić information content (AvgIpc) is 3.21. The fourth-order valence-corrected chi connectivity index (χ4v) is 28.2. The Bertz CT molecular complexity index is 818. The molecule has 0 heterocycles. The Morgan fingerprint density at radius 3 is 1.46 bits per heavy atom. The smallest absolute Gasteiger partial charge is 1.00 e. The van der Waals surface area contributed by atoms with Gasteiger partial charge in [0.15, 0.2) is 0 Å². The van der Waals surface area contributed by atoms with E-state index < -0.39 is 26.8 Å². The van der Waals surface area contributed by atoms with Crippen LogP contribution in [0.2, 0.25) is 13.1 Å². The van der Waals surface area contributed by atoms with E-state index in [0.717, 1.165) is 7.25 Å². The van der Waals surface area contributed by atoms with Crippen molar-refractivity contribution >= 4 is 18.1 Å². The third-order valence-corrected chi connectivity index (χ3v) is 27.9. The molecule has 147 valence electrons. The summed E-state index contributed by atoms with van der Waals surface area (Å²) in [5.41, 5.74) is 9.83. The van der Waals surface area contributed by atoms with Gasteiger partial charge < -0.3 is 34.0 Å². The third kappa shape index (κ3) is 4.22. The summed E-state index contributed by atoms with van der Waals surface area (Å²) in [4.78, 5) is 0. The molecular weight excluding hydrogens is 567 g/mol. The summed E-state index contributed by atoms with van der Waals surface area (Å²) >= 11 is -1.78. The monoisotopic (exact) mass is 593 g/mol. The predicted octanol–water partition coefficient (Wildman–Crippen LogP) is 0.693. The van der Waals surface area contributed by atoms with Gasteiger partial charge in [-0.1, -0.05) is 0 Å². The van der Waals surface area contributed by atoms with Crippen molar-refractivity contribution < 1.29 is 54.9 Å². The normalized spacial score (nSPS) is 19.2. The average molecular weight is 597 g/mol. The zero-order valence-corrected chi connectivity index (χ0v) is 24.0. The van der Waals surface area contributed by atoms with Gasteiger partial charge >= 0.3 is 168 Å². The molecule has 0 bridgehead atoms. The molecule has 0 nitrogen and oxygen atoms in total. The van der Waals surface area contributed by atoms with Crippen molar-refractivity contribution in [2.24, 2.45) is 0 Å². The van der Waals surface area contributed by atoms with E-state index in [1.807, 2.05) is 0 Å². The molecule has 0 aliphatic heterocycles. The van der Waals surface area contributed by atoms with Crippen LogP contribution in [0.5, 0.6) is 0 Å². The van der Waals surface area contributed by atoms with Crippen molar-refractivity contribution in [3.63, 3.8) is 0 Å². The summed E-state index contributed by atoms with van der Waals surface area (Å²) in [7, 11) is 0. The molecule has 0 N–H and O–H groups in total. The van der Waals surface area contributed by atoms with Crippen LogP contribution in [-0.4, -0.2) is 5.92 Å². The molecule has 2 aliphatic carbocycles. The van der Waals surface area contributed by atoms with Crippen LogP contribution < -0.4 is 34.0 Å². The molecule has 0 spiro atoms. The molecule has 2 aromatic rings. The summed E-state index contributed by atoms with van der Waals surface area (Å²) in [6.45, 7) is 10.0. The molecule has 2 aliphatic rings. The van der Waals surface area contributed by atoms with Crippen LogP contribution in [0.3, 0.4) is 0 Å². The predicted molar refractivity (Wildman–Crippen MR) is 114 cm³/mol. The maximum Gasteiger partial charge on any atom is -1.00 e. The molecule has 4 heteroatoms. The fourth-order valence-electron chi connectivity index (χ4n) is 5.01. The van der Waals surface area contributed by atoms with E-state index in [0.29, 0.717) is 0 Å². The van der Waals surface area contributed by atoms with Gasteiger partial charge in [-0.05, 0) is 0 Å². The maximum absolute atomic E-state index is 2.65. The van der Waals surface area contributed by atoms with Crippen LogP contribution in [0.15, 0.2) is 59.7 Å². The SMILES string of the molecule is CCC1=Cc2ccccc2[CH]1[Zr+2]([CH]1C(CC)=Cc2ccccc21)[SiH](C)C.[Br-].[Br-]. The minimum absolute atomic E-state index is 0. The molecule has 2 aromatic carbocycles. The topological polar surface area (TPSA) is 0 Å². The third-order valence-electron chi connectivity index (χ3n) is 6.19. The van der Waals surface area contributed by atoms with Gasteiger partial charge in [0.25, 0.3) is 0 Å². The molecule has 0 fully saturated rings. The second-order valence-corrected chi connectivity index (χ2v) is 28.0. The Labute approximate surface area is 200 Å². The molecular formula is C24H29Br2SiZr. The van der Waals surface area contributed by atoms with Crippen LogP contribution in [0.4, 0.5) is 0 Å². The molecule has 0 radical (unpaired) electrons. The van der Waals surface area contributed by atoms with Gasteiger partial charge in [-0.2, -0.15) is 0 Å². The van der Waals surface area contributed by atoms with Crippen molar-refractivity contribution in [2.45, 2.75) is 47.0 Å². The van der Waals surface area contributed by atoms with E-state index in [9.17, 15) is 0 Å². The molecule has 0 amide bonds. The standard InChI is InChI=1S/2C11H11.C2H7Si.2BrH.Zr/c2*1-2-9-7-10-5-3-4-6-11(10)8-9;1-3-2;;;/h2*3-8H,2H2,1H3;3H,1-2H3;2*1H;/q;;;;;+2/p-2.